The zero-order chi connectivity index (χ0) is 28.4. The van der Waals surface area contributed by atoms with Crippen molar-refractivity contribution in [2.75, 3.05) is 6.61 Å². The highest BCUT2D eigenvalue weighted by molar-refractivity contribution is 9.10. The van der Waals surface area contributed by atoms with Gasteiger partial charge in [-0.2, -0.15) is 0 Å². The number of rotatable bonds is 7. The maximum Gasteiger partial charge on any atom is 0.338 e. The normalized spacial score (nSPS) is 15.0. The van der Waals surface area contributed by atoms with Crippen LogP contribution in [0.3, 0.4) is 0 Å². The van der Waals surface area contributed by atoms with Crippen LogP contribution in [0.2, 0.25) is 5.02 Å². The zero-order valence-corrected chi connectivity index (χ0v) is 26.2. The summed E-state index contributed by atoms with van der Waals surface area (Å²) in [6, 6.07) is 20.0. The van der Waals surface area contributed by atoms with Crippen molar-refractivity contribution < 1.29 is 14.3 Å². The predicted octanol–water partition coefficient (Wildman–Crippen LogP) is 6.56. The molecule has 4 aromatic rings. The van der Waals surface area contributed by atoms with Crippen molar-refractivity contribution in [2.45, 2.75) is 26.5 Å². The minimum Gasteiger partial charge on any atom is -0.488 e. The van der Waals surface area contributed by atoms with E-state index in [1.54, 1.807) is 18.4 Å². The van der Waals surface area contributed by atoms with Crippen LogP contribution in [-0.2, 0) is 16.1 Å². The van der Waals surface area contributed by atoms with Gasteiger partial charge in [0.05, 0.1) is 32.9 Å². The smallest absolute Gasteiger partial charge is 0.338 e. The van der Waals surface area contributed by atoms with Gasteiger partial charge in [0.25, 0.3) is 5.56 Å². The molecule has 2 heterocycles. The highest BCUT2D eigenvalue weighted by Crippen LogP contribution is 2.31. The largest absolute Gasteiger partial charge is 0.488 e. The van der Waals surface area contributed by atoms with Gasteiger partial charge in [0.2, 0.25) is 0 Å². The highest BCUT2D eigenvalue weighted by Gasteiger charge is 2.33. The Morgan fingerprint density at radius 1 is 1.10 bits per heavy atom. The summed E-state index contributed by atoms with van der Waals surface area (Å²) in [6.07, 6.45) is 1.82. The lowest BCUT2D eigenvalue weighted by atomic mass is 9.96. The number of esters is 1. The van der Waals surface area contributed by atoms with Crippen molar-refractivity contribution in [1.29, 1.82) is 0 Å². The van der Waals surface area contributed by atoms with Crippen LogP contribution in [0.4, 0.5) is 0 Å². The first-order valence-corrected chi connectivity index (χ1v) is 15.1. The molecular weight excluding hydrogens is 680 g/mol. The Morgan fingerprint density at radius 3 is 2.50 bits per heavy atom. The lowest BCUT2D eigenvalue weighted by Crippen LogP contribution is -2.39. The van der Waals surface area contributed by atoms with Crippen molar-refractivity contribution in [1.82, 2.24) is 4.57 Å². The van der Waals surface area contributed by atoms with Gasteiger partial charge in [-0.15, -0.1) is 0 Å². The van der Waals surface area contributed by atoms with Crippen LogP contribution in [0, 0.1) is 0 Å². The Morgan fingerprint density at radius 2 is 1.82 bits per heavy atom. The summed E-state index contributed by atoms with van der Waals surface area (Å²) < 4.78 is 15.1. The Balaban J connectivity index is 1.51. The Kier molecular flexibility index (Phi) is 8.75. The molecule has 204 valence electrons. The summed E-state index contributed by atoms with van der Waals surface area (Å²) in [5, 5.41) is 0.676. The van der Waals surface area contributed by atoms with Gasteiger partial charge in [-0.25, -0.2) is 9.79 Å². The van der Waals surface area contributed by atoms with Crippen LogP contribution in [-0.4, -0.2) is 17.1 Å². The lowest BCUT2D eigenvalue weighted by Gasteiger charge is -2.24. The summed E-state index contributed by atoms with van der Waals surface area (Å²) in [5.74, 6) is 0.197. The molecule has 0 aliphatic carbocycles. The molecule has 6 nitrogen and oxygen atoms in total. The number of allylic oxidation sites excluding steroid dienone is 1. The molecule has 0 radical (unpaired) electrons. The van der Waals surface area contributed by atoms with E-state index in [9.17, 15) is 9.59 Å². The van der Waals surface area contributed by atoms with Crippen LogP contribution in [0.15, 0.2) is 96.7 Å². The standard InChI is InChI=1S/C30H23Br2ClN2O4S/c1-3-38-29(37)26-17(2)34-30-35(27(26)20-7-9-21(31)10-8-20)28(36)25(40-30)15-19-6-13-24(23(32)14-19)39-16-18-4-11-22(33)12-5-18/h4-15,27H,3,16H2,1-2H3/b25-15-/t27-/m1/s1. The van der Waals surface area contributed by atoms with E-state index in [-0.39, 0.29) is 12.2 Å². The van der Waals surface area contributed by atoms with Gasteiger partial charge < -0.3 is 9.47 Å². The van der Waals surface area contributed by atoms with Crippen molar-refractivity contribution in [3.63, 3.8) is 0 Å². The van der Waals surface area contributed by atoms with Gasteiger partial charge >= 0.3 is 5.97 Å². The quantitative estimate of drug-likeness (QED) is 0.205. The van der Waals surface area contributed by atoms with E-state index in [0.717, 1.165) is 25.6 Å². The van der Waals surface area contributed by atoms with E-state index in [4.69, 9.17) is 21.1 Å². The number of hydrogen-bond acceptors (Lipinski definition) is 6. The Bertz CT molecular complexity index is 1800. The topological polar surface area (TPSA) is 69.9 Å². The van der Waals surface area contributed by atoms with Crippen molar-refractivity contribution in [3.8, 4) is 5.75 Å². The average molecular weight is 703 g/mol. The molecule has 0 unspecified atom stereocenters. The average Bonchev–Trinajstić information content (AvgIpc) is 3.23. The highest BCUT2D eigenvalue weighted by atomic mass is 79.9. The number of hydrogen-bond donors (Lipinski definition) is 0. The van der Waals surface area contributed by atoms with E-state index in [1.165, 1.54) is 11.3 Å². The molecule has 10 heteroatoms. The second-order valence-corrected chi connectivity index (χ2v) is 12.2. The Hall–Kier alpha value is -2.98. The first-order valence-electron chi connectivity index (χ1n) is 12.4. The molecule has 0 bridgehead atoms. The van der Waals surface area contributed by atoms with Gasteiger partial charge in [-0.3, -0.25) is 9.36 Å². The molecule has 0 saturated heterocycles. The van der Waals surface area contributed by atoms with Gasteiger partial charge in [-0.1, -0.05) is 69.2 Å². The molecule has 0 N–H and O–H groups in total. The van der Waals surface area contributed by atoms with E-state index < -0.39 is 12.0 Å². The number of halogens is 3. The first kappa shape index (κ1) is 28.5. The molecule has 0 saturated carbocycles. The second-order valence-electron chi connectivity index (χ2n) is 8.96. The molecule has 0 amide bonds. The molecule has 0 spiro atoms. The van der Waals surface area contributed by atoms with E-state index >= 15 is 0 Å². The van der Waals surface area contributed by atoms with Crippen LogP contribution >= 0.6 is 54.8 Å². The third kappa shape index (κ3) is 6.02. The summed E-state index contributed by atoms with van der Waals surface area (Å²) in [4.78, 5) is 32.0. The number of thiazole rings is 1. The van der Waals surface area contributed by atoms with Gasteiger partial charge in [0.1, 0.15) is 12.4 Å². The lowest BCUT2D eigenvalue weighted by molar-refractivity contribution is -0.139. The van der Waals surface area contributed by atoms with E-state index in [2.05, 4.69) is 36.9 Å². The third-order valence-corrected chi connectivity index (χ3v) is 8.65. The Labute approximate surface area is 256 Å². The number of benzene rings is 3. The van der Waals surface area contributed by atoms with Gasteiger partial charge in [0, 0.05) is 9.50 Å². The van der Waals surface area contributed by atoms with Crippen molar-refractivity contribution in [3.05, 3.63) is 128 Å². The molecule has 0 fully saturated rings. The van der Waals surface area contributed by atoms with Crippen molar-refractivity contribution >= 4 is 66.8 Å². The predicted molar refractivity (Wildman–Crippen MR) is 164 cm³/mol. The van der Waals surface area contributed by atoms with E-state index in [1.807, 2.05) is 72.8 Å². The SMILES string of the molecule is CCOC(=O)C1=C(C)N=c2s/c(=C\c3ccc(OCc4ccc(Cl)cc4)c(Br)c3)c(=O)n2[C@@H]1c1ccc(Br)cc1. The third-order valence-electron chi connectivity index (χ3n) is 6.26. The molecule has 1 aliphatic heterocycles. The fraction of sp³-hybridized carbons (Fsp3) is 0.167. The fourth-order valence-electron chi connectivity index (χ4n) is 4.37. The first-order chi connectivity index (χ1) is 19.2. The number of carbonyl (C=O) groups is 1. The van der Waals surface area contributed by atoms with Gasteiger partial charge in [0.15, 0.2) is 4.80 Å². The minimum atomic E-state index is -0.652. The number of aromatic nitrogens is 1. The van der Waals surface area contributed by atoms with Crippen LogP contribution in [0.1, 0.15) is 36.6 Å². The fourth-order valence-corrected chi connectivity index (χ4v) is 6.32. The molecule has 1 aromatic heterocycles. The number of ether oxygens (including phenoxy) is 2. The van der Waals surface area contributed by atoms with Gasteiger partial charge in [-0.05, 0) is 88.9 Å². The van der Waals surface area contributed by atoms with E-state index in [0.29, 0.717) is 38.0 Å². The molecule has 5 rings (SSSR count). The minimum absolute atomic E-state index is 0.224. The molecular formula is C30H23Br2ClN2O4S. The van der Waals surface area contributed by atoms with Crippen molar-refractivity contribution in [2.24, 2.45) is 4.99 Å². The van der Waals surface area contributed by atoms with Crippen LogP contribution < -0.4 is 19.6 Å². The summed E-state index contributed by atoms with van der Waals surface area (Å²) in [7, 11) is 0. The molecule has 1 aliphatic rings. The zero-order valence-electron chi connectivity index (χ0n) is 21.5. The molecule has 3 aromatic carbocycles. The summed E-state index contributed by atoms with van der Waals surface area (Å²) in [5.41, 5.74) is 3.26. The number of nitrogens with zero attached hydrogens (tertiary/aromatic N) is 2. The number of fused-ring (bicyclic) bond motifs is 1. The molecule has 1 atom stereocenters. The monoisotopic (exact) mass is 700 g/mol. The maximum absolute atomic E-state index is 13.8. The number of carbonyl (C=O) groups excluding carboxylic acids is 1. The summed E-state index contributed by atoms with van der Waals surface area (Å²) >= 11 is 14.3. The summed E-state index contributed by atoms with van der Waals surface area (Å²) in [6.45, 7) is 4.14. The van der Waals surface area contributed by atoms with Crippen LogP contribution in [0.5, 0.6) is 5.75 Å². The van der Waals surface area contributed by atoms with Crippen LogP contribution in [0.25, 0.3) is 6.08 Å². The second kappa shape index (κ2) is 12.3. The maximum atomic E-state index is 13.8. The molecule has 40 heavy (non-hydrogen) atoms.